The van der Waals surface area contributed by atoms with Gasteiger partial charge in [-0.05, 0) is 38.6 Å². The van der Waals surface area contributed by atoms with Gasteiger partial charge in [-0.2, -0.15) is 5.10 Å². The molecule has 0 bridgehead atoms. The molecule has 0 saturated heterocycles. The van der Waals surface area contributed by atoms with Gasteiger partial charge in [-0.1, -0.05) is 0 Å². The van der Waals surface area contributed by atoms with Gasteiger partial charge in [-0.15, -0.1) is 0 Å². The average Bonchev–Trinajstić information content (AvgIpc) is 2.61. The molecule has 0 fully saturated rings. The zero-order chi connectivity index (χ0) is 13.1. The number of rotatable bonds is 4. The Morgan fingerprint density at radius 2 is 2.17 bits per heavy atom. The molecule has 0 spiro atoms. The first-order valence-electron chi connectivity index (χ1n) is 5.87. The van der Waals surface area contributed by atoms with Crippen molar-refractivity contribution in [1.29, 1.82) is 0 Å². The second kappa shape index (κ2) is 5.30. The lowest BCUT2D eigenvalue weighted by atomic mass is 10.4. The lowest BCUT2D eigenvalue weighted by Gasteiger charge is -2.07. The summed E-state index contributed by atoms with van der Waals surface area (Å²) in [5, 5.41) is 4.40. The predicted octanol–water partition coefficient (Wildman–Crippen LogP) is 1.81. The van der Waals surface area contributed by atoms with Crippen molar-refractivity contribution in [1.82, 2.24) is 19.3 Å². The number of nitrogens with zero attached hydrogens (tertiary/aromatic N) is 3. The third kappa shape index (κ3) is 2.95. The van der Waals surface area contributed by atoms with Crippen LogP contribution in [0.15, 0.2) is 23.1 Å². The molecule has 0 aromatic carbocycles. The quantitative estimate of drug-likeness (QED) is 0.857. The number of hydrogen-bond donors (Lipinski definition) is 1. The standard InChI is InChI=1S/C12H16N4OS/c1-9-8-10(2)16(14-9)6-3-5-15-7-4-11(17)13-12(15)18/h4,7-8H,3,5-6H2,1-2H3,(H,13,17,18). The van der Waals surface area contributed by atoms with E-state index in [-0.39, 0.29) is 5.56 Å². The van der Waals surface area contributed by atoms with Gasteiger partial charge in [0.15, 0.2) is 4.77 Å². The molecule has 2 rings (SSSR count). The van der Waals surface area contributed by atoms with E-state index in [9.17, 15) is 4.79 Å². The summed E-state index contributed by atoms with van der Waals surface area (Å²) in [4.78, 5) is 13.6. The molecule has 0 atom stereocenters. The number of hydrogen-bond acceptors (Lipinski definition) is 3. The van der Waals surface area contributed by atoms with Gasteiger partial charge >= 0.3 is 0 Å². The minimum absolute atomic E-state index is 0.158. The molecule has 0 aliphatic carbocycles. The zero-order valence-corrected chi connectivity index (χ0v) is 11.3. The van der Waals surface area contributed by atoms with E-state index in [2.05, 4.69) is 16.1 Å². The molecule has 0 unspecified atom stereocenters. The Morgan fingerprint density at radius 3 is 2.78 bits per heavy atom. The van der Waals surface area contributed by atoms with Crippen LogP contribution in [0.25, 0.3) is 0 Å². The van der Waals surface area contributed by atoms with E-state index in [4.69, 9.17) is 12.2 Å². The van der Waals surface area contributed by atoms with E-state index in [0.29, 0.717) is 4.77 Å². The highest BCUT2D eigenvalue weighted by atomic mass is 32.1. The van der Waals surface area contributed by atoms with Crippen LogP contribution in [0.3, 0.4) is 0 Å². The molecule has 2 aromatic heterocycles. The van der Waals surface area contributed by atoms with Gasteiger partial charge in [0, 0.05) is 31.0 Å². The lowest BCUT2D eigenvalue weighted by molar-refractivity contribution is 0.509. The molecule has 0 amide bonds. The van der Waals surface area contributed by atoms with Crippen LogP contribution in [-0.4, -0.2) is 19.3 Å². The number of aromatic nitrogens is 4. The van der Waals surface area contributed by atoms with Crippen LogP contribution in [0.4, 0.5) is 0 Å². The van der Waals surface area contributed by atoms with Gasteiger partial charge < -0.3 is 4.57 Å². The fourth-order valence-electron chi connectivity index (χ4n) is 1.91. The third-order valence-corrected chi connectivity index (χ3v) is 3.11. The Hall–Kier alpha value is -1.69. The van der Waals surface area contributed by atoms with Crippen molar-refractivity contribution in [2.24, 2.45) is 0 Å². The van der Waals surface area contributed by atoms with Gasteiger partial charge in [0.2, 0.25) is 0 Å². The van der Waals surface area contributed by atoms with Crippen LogP contribution in [-0.2, 0) is 13.1 Å². The minimum atomic E-state index is -0.158. The van der Waals surface area contributed by atoms with Crippen LogP contribution in [0.1, 0.15) is 17.8 Å². The molecule has 0 aliphatic rings. The molecule has 2 aromatic rings. The largest absolute Gasteiger partial charge is 0.325 e. The number of aromatic amines is 1. The van der Waals surface area contributed by atoms with E-state index in [1.54, 1.807) is 6.20 Å². The van der Waals surface area contributed by atoms with Crippen molar-refractivity contribution >= 4 is 12.2 Å². The minimum Gasteiger partial charge on any atom is -0.325 e. The Bertz CT molecular complexity index is 653. The number of nitrogens with one attached hydrogen (secondary N) is 1. The first kappa shape index (κ1) is 12.8. The average molecular weight is 264 g/mol. The first-order valence-corrected chi connectivity index (χ1v) is 6.28. The second-order valence-corrected chi connectivity index (χ2v) is 4.69. The molecule has 5 nitrogen and oxygen atoms in total. The van der Waals surface area contributed by atoms with E-state index in [1.165, 1.54) is 6.07 Å². The third-order valence-electron chi connectivity index (χ3n) is 2.77. The molecule has 0 saturated carbocycles. The van der Waals surface area contributed by atoms with Crippen molar-refractivity contribution in [3.05, 3.63) is 44.8 Å². The van der Waals surface area contributed by atoms with Crippen molar-refractivity contribution in [2.75, 3.05) is 0 Å². The monoisotopic (exact) mass is 264 g/mol. The van der Waals surface area contributed by atoms with E-state index < -0.39 is 0 Å². The summed E-state index contributed by atoms with van der Waals surface area (Å²) in [6, 6.07) is 3.55. The Labute approximate surface area is 110 Å². The highest BCUT2D eigenvalue weighted by molar-refractivity contribution is 7.71. The second-order valence-electron chi connectivity index (χ2n) is 4.31. The molecule has 6 heteroatoms. The van der Waals surface area contributed by atoms with Crippen molar-refractivity contribution in [2.45, 2.75) is 33.4 Å². The van der Waals surface area contributed by atoms with E-state index >= 15 is 0 Å². The van der Waals surface area contributed by atoms with Crippen LogP contribution in [0, 0.1) is 18.6 Å². The summed E-state index contributed by atoms with van der Waals surface area (Å²) >= 11 is 5.08. The normalized spacial score (nSPS) is 10.8. The highest BCUT2D eigenvalue weighted by Crippen LogP contribution is 2.03. The van der Waals surface area contributed by atoms with Crippen LogP contribution >= 0.6 is 12.2 Å². The SMILES string of the molecule is Cc1cc(C)n(CCCn2ccc(=O)[nH]c2=S)n1. The molecule has 0 aliphatic heterocycles. The Kier molecular flexibility index (Phi) is 3.76. The predicted molar refractivity (Wildman–Crippen MR) is 72.2 cm³/mol. The lowest BCUT2D eigenvalue weighted by Crippen LogP contribution is -2.13. The number of aryl methyl sites for hydroxylation is 4. The Morgan fingerprint density at radius 1 is 1.39 bits per heavy atom. The first-order chi connectivity index (χ1) is 8.56. The van der Waals surface area contributed by atoms with Crippen molar-refractivity contribution < 1.29 is 0 Å². The highest BCUT2D eigenvalue weighted by Gasteiger charge is 2.00. The van der Waals surface area contributed by atoms with Crippen molar-refractivity contribution in [3.63, 3.8) is 0 Å². The molecule has 96 valence electrons. The van der Waals surface area contributed by atoms with E-state index in [0.717, 1.165) is 30.9 Å². The fraction of sp³-hybridized carbons (Fsp3) is 0.417. The maximum absolute atomic E-state index is 11.0. The fourth-order valence-corrected chi connectivity index (χ4v) is 2.17. The topological polar surface area (TPSA) is 55.6 Å². The summed E-state index contributed by atoms with van der Waals surface area (Å²) in [5.74, 6) is 0. The van der Waals surface area contributed by atoms with Gasteiger partial charge in [0.05, 0.1) is 5.69 Å². The van der Waals surface area contributed by atoms with Crippen LogP contribution in [0.5, 0.6) is 0 Å². The Balaban J connectivity index is 1.98. The van der Waals surface area contributed by atoms with Gasteiger partial charge in [-0.25, -0.2) is 0 Å². The van der Waals surface area contributed by atoms with Gasteiger partial charge in [0.1, 0.15) is 0 Å². The summed E-state index contributed by atoms with van der Waals surface area (Å²) in [6.07, 6.45) is 2.64. The van der Waals surface area contributed by atoms with Crippen LogP contribution < -0.4 is 5.56 Å². The van der Waals surface area contributed by atoms with Crippen LogP contribution in [0.2, 0.25) is 0 Å². The summed E-state index contributed by atoms with van der Waals surface area (Å²) in [5.41, 5.74) is 2.04. The molecule has 1 N–H and O–H groups in total. The maximum Gasteiger partial charge on any atom is 0.251 e. The maximum atomic E-state index is 11.0. The van der Waals surface area contributed by atoms with E-state index in [1.807, 2.05) is 23.1 Å². The summed E-state index contributed by atoms with van der Waals surface area (Å²) < 4.78 is 4.32. The smallest absolute Gasteiger partial charge is 0.251 e. The van der Waals surface area contributed by atoms with Gasteiger partial charge in [-0.3, -0.25) is 14.5 Å². The molecule has 2 heterocycles. The molecule has 0 radical (unpaired) electrons. The molecular weight excluding hydrogens is 248 g/mol. The number of H-pyrrole nitrogens is 1. The van der Waals surface area contributed by atoms with Crippen molar-refractivity contribution in [3.8, 4) is 0 Å². The summed E-state index contributed by atoms with van der Waals surface area (Å²) in [7, 11) is 0. The molecular formula is C12H16N4OS. The summed E-state index contributed by atoms with van der Waals surface area (Å²) in [6.45, 7) is 5.65. The van der Waals surface area contributed by atoms with Gasteiger partial charge in [0.25, 0.3) is 5.56 Å². The molecule has 18 heavy (non-hydrogen) atoms. The zero-order valence-electron chi connectivity index (χ0n) is 10.5.